The Morgan fingerprint density at radius 2 is 1.91 bits per heavy atom. The van der Waals surface area contributed by atoms with E-state index in [1.54, 1.807) is 0 Å². The van der Waals surface area contributed by atoms with Crippen LogP contribution >= 0.6 is 0 Å². The molecule has 1 heterocycles. The van der Waals surface area contributed by atoms with E-state index in [0.29, 0.717) is 12.8 Å². The van der Waals surface area contributed by atoms with Crippen LogP contribution in [-0.4, -0.2) is 26.4 Å². The minimum absolute atomic E-state index is 0.145. The molecular formula is C18H23N3O2. The number of carbonyl (C=O) groups is 1. The Hall–Kier alpha value is -2.14. The van der Waals surface area contributed by atoms with Crippen molar-refractivity contribution >= 4 is 11.6 Å². The molecule has 2 N–H and O–H groups in total. The van der Waals surface area contributed by atoms with E-state index in [0.717, 1.165) is 35.6 Å². The zero-order valence-corrected chi connectivity index (χ0v) is 13.7. The number of benzene rings is 1. The summed E-state index contributed by atoms with van der Waals surface area (Å²) in [4.78, 5) is 12.3. The van der Waals surface area contributed by atoms with Crippen LogP contribution in [0.4, 0.5) is 5.69 Å². The lowest BCUT2D eigenvalue weighted by Gasteiger charge is -2.21. The number of para-hydroxylation sites is 1. The summed E-state index contributed by atoms with van der Waals surface area (Å²) in [6.07, 6.45) is 3.56. The lowest BCUT2D eigenvalue weighted by Crippen LogP contribution is -2.31. The van der Waals surface area contributed by atoms with Gasteiger partial charge in [-0.15, -0.1) is 0 Å². The van der Waals surface area contributed by atoms with Crippen LogP contribution in [0, 0.1) is 13.8 Å². The predicted octanol–water partition coefficient (Wildman–Crippen LogP) is 3.12. The Kier molecular flexibility index (Phi) is 4.22. The maximum atomic E-state index is 12.3. The SMILES string of the molecule is Cc1nn(-c2ccccc2)c(C)c1NC(=O)CC1(O)CCCC1. The highest BCUT2D eigenvalue weighted by Gasteiger charge is 2.33. The van der Waals surface area contributed by atoms with Crippen LogP contribution in [0.2, 0.25) is 0 Å². The van der Waals surface area contributed by atoms with Crippen molar-refractivity contribution in [2.45, 2.75) is 51.6 Å². The van der Waals surface area contributed by atoms with Gasteiger partial charge in [0.15, 0.2) is 0 Å². The monoisotopic (exact) mass is 313 g/mol. The number of hydrogen-bond donors (Lipinski definition) is 2. The van der Waals surface area contributed by atoms with Gasteiger partial charge >= 0.3 is 0 Å². The topological polar surface area (TPSA) is 67.2 Å². The molecule has 0 aliphatic heterocycles. The molecule has 0 atom stereocenters. The third kappa shape index (κ3) is 3.29. The number of anilines is 1. The highest BCUT2D eigenvalue weighted by Crippen LogP contribution is 2.33. The summed E-state index contributed by atoms with van der Waals surface area (Å²) < 4.78 is 1.83. The number of nitrogens with zero attached hydrogens (tertiary/aromatic N) is 2. The second kappa shape index (κ2) is 6.16. The molecule has 1 aromatic heterocycles. The van der Waals surface area contributed by atoms with E-state index in [1.807, 2.05) is 48.9 Å². The van der Waals surface area contributed by atoms with Crippen LogP contribution in [0.3, 0.4) is 0 Å². The fourth-order valence-corrected chi connectivity index (χ4v) is 3.34. The average molecular weight is 313 g/mol. The van der Waals surface area contributed by atoms with Crippen LogP contribution in [0.5, 0.6) is 0 Å². The Morgan fingerprint density at radius 1 is 1.26 bits per heavy atom. The molecule has 3 rings (SSSR count). The van der Waals surface area contributed by atoms with Gasteiger partial charge in [0.1, 0.15) is 0 Å². The van der Waals surface area contributed by atoms with Crippen molar-refractivity contribution in [1.29, 1.82) is 0 Å². The zero-order chi connectivity index (χ0) is 16.4. The van der Waals surface area contributed by atoms with Gasteiger partial charge in [0.2, 0.25) is 5.91 Å². The first-order valence-corrected chi connectivity index (χ1v) is 8.12. The van der Waals surface area contributed by atoms with Gasteiger partial charge in [-0.25, -0.2) is 4.68 Å². The van der Waals surface area contributed by atoms with E-state index in [2.05, 4.69) is 10.4 Å². The summed E-state index contributed by atoms with van der Waals surface area (Å²) in [5.74, 6) is -0.145. The maximum Gasteiger partial charge on any atom is 0.227 e. The van der Waals surface area contributed by atoms with E-state index in [-0.39, 0.29) is 12.3 Å². The third-order valence-electron chi connectivity index (χ3n) is 4.58. The van der Waals surface area contributed by atoms with Crippen LogP contribution in [0.15, 0.2) is 30.3 Å². The van der Waals surface area contributed by atoms with Crippen LogP contribution in [0.25, 0.3) is 5.69 Å². The molecule has 1 amide bonds. The van der Waals surface area contributed by atoms with Crippen LogP contribution in [-0.2, 0) is 4.79 Å². The summed E-state index contributed by atoms with van der Waals surface area (Å²) >= 11 is 0. The quantitative estimate of drug-likeness (QED) is 0.911. The lowest BCUT2D eigenvalue weighted by molar-refractivity contribution is -0.120. The number of aromatic nitrogens is 2. The van der Waals surface area contributed by atoms with Crippen LogP contribution < -0.4 is 5.32 Å². The minimum Gasteiger partial charge on any atom is -0.389 e. The van der Waals surface area contributed by atoms with Crippen molar-refractivity contribution in [1.82, 2.24) is 9.78 Å². The molecule has 5 nitrogen and oxygen atoms in total. The number of rotatable bonds is 4. The molecule has 0 saturated heterocycles. The smallest absolute Gasteiger partial charge is 0.227 e. The Labute approximate surface area is 136 Å². The van der Waals surface area contributed by atoms with Gasteiger partial charge < -0.3 is 10.4 Å². The molecule has 0 unspecified atom stereocenters. The van der Waals surface area contributed by atoms with E-state index >= 15 is 0 Å². The van der Waals surface area contributed by atoms with E-state index in [1.165, 1.54) is 0 Å². The van der Waals surface area contributed by atoms with Crippen LogP contribution in [0.1, 0.15) is 43.5 Å². The van der Waals surface area contributed by atoms with Crippen molar-refractivity contribution in [3.05, 3.63) is 41.7 Å². The molecule has 5 heteroatoms. The first-order valence-electron chi connectivity index (χ1n) is 8.12. The highest BCUT2D eigenvalue weighted by atomic mass is 16.3. The molecule has 1 aliphatic carbocycles. The summed E-state index contributed by atoms with van der Waals surface area (Å²) in [6, 6.07) is 9.83. The number of aliphatic hydroxyl groups is 1. The summed E-state index contributed by atoms with van der Waals surface area (Å²) in [6.45, 7) is 3.82. The van der Waals surface area contributed by atoms with Crippen molar-refractivity contribution < 1.29 is 9.90 Å². The average Bonchev–Trinajstić information content (AvgIpc) is 3.06. The fourth-order valence-electron chi connectivity index (χ4n) is 3.34. The fraction of sp³-hybridized carbons (Fsp3) is 0.444. The van der Waals surface area contributed by atoms with Crippen molar-refractivity contribution in [3.8, 4) is 5.69 Å². The lowest BCUT2D eigenvalue weighted by atomic mass is 9.97. The Balaban J connectivity index is 1.78. The number of carbonyl (C=O) groups excluding carboxylic acids is 1. The molecule has 0 bridgehead atoms. The Bertz CT molecular complexity index is 701. The number of nitrogens with one attached hydrogen (secondary N) is 1. The molecule has 0 radical (unpaired) electrons. The van der Waals surface area contributed by atoms with Gasteiger partial charge in [-0.2, -0.15) is 5.10 Å². The van der Waals surface area contributed by atoms with Gasteiger partial charge in [-0.05, 0) is 38.8 Å². The zero-order valence-electron chi connectivity index (χ0n) is 13.7. The number of aryl methyl sites for hydroxylation is 1. The molecule has 1 fully saturated rings. The highest BCUT2D eigenvalue weighted by molar-refractivity contribution is 5.92. The van der Waals surface area contributed by atoms with Crippen molar-refractivity contribution in [2.75, 3.05) is 5.32 Å². The molecule has 1 saturated carbocycles. The molecular weight excluding hydrogens is 290 g/mol. The first kappa shape index (κ1) is 15.7. The van der Waals surface area contributed by atoms with E-state index in [9.17, 15) is 9.90 Å². The molecule has 122 valence electrons. The van der Waals surface area contributed by atoms with Gasteiger partial charge in [-0.3, -0.25) is 4.79 Å². The molecule has 1 aliphatic rings. The maximum absolute atomic E-state index is 12.3. The van der Waals surface area contributed by atoms with Crippen molar-refractivity contribution in [3.63, 3.8) is 0 Å². The summed E-state index contributed by atoms with van der Waals surface area (Å²) in [5.41, 5.74) is 2.53. The largest absolute Gasteiger partial charge is 0.389 e. The normalized spacial score (nSPS) is 16.5. The summed E-state index contributed by atoms with van der Waals surface area (Å²) in [7, 11) is 0. The Morgan fingerprint density at radius 3 is 2.57 bits per heavy atom. The van der Waals surface area contributed by atoms with Gasteiger partial charge in [0, 0.05) is 0 Å². The van der Waals surface area contributed by atoms with Gasteiger partial charge in [-0.1, -0.05) is 31.0 Å². The standard InChI is InChI=1S/C18H23N3O2/c1-13-17(19-16(22)12-18(23)10-6-7-11-18)14(2)21(20-13)15-8-4-3-5-9-15/h3-5,8-9,23H,6-7,10-12H2,1-2H3,(H,19,22). The molecule has 23 heavy (non-hydrogen) atoms. The molecule has 1 aromatic carbocycles. The molecule has 2 aromatic rings. The predicted molar refractivity (Wildman–Crippen MR) is 89.7 cm³/mol. The number of hydrogen-bond acceptors (Lipinski definition) is 3. The minimum atomic E-state index is -0.832. The third-order valence-corrected chi connectivity index (χ3v) is 4.58. The van der Waals surface area contributed by atoms with Gasteiger partial charge in [0.25, 0.3) is 0 Å². The summed E-state index contributed by atoms with van der Waals surface area (Å²) in [5, 5.41) is 17.8. The van der Waals surface area contributed by atoms with Crippen molar-refractivity contribution in [2.24, 2.45) is 0 Å². The molecule has 0 spiro atoms. The second-order valence-corrected chi connectivity index (χ2v) is 6.45. The van der Waals surface area contributed by atoms with E-state index < -0.39 is 5.60 Å². The van der Waals surface area contributed by atoms with Gasteiger partial charge in [0.05, 0.1) is 34.8 Å². The number of amides is 1. The second-order valence-electron chi connectivity index (χ2n) is 6.45. The first-order chi connectivity index (χ1) is 11.0. The van der Waals surface area contributed by atoms with E-state index in [4.69, 9.17) is 0 Å².